The van der Waals surface area contributed by atoms with E-state index in [4.69, 9.17) is 5.11 Å². The van der Waals surface area contributed by atoms with Gasteiger partial charge in [-0.05, 0) is 56.7 Å². The van der Waals surface area contributed by atoms with Gasteiger partial charge in [-0.3, -0.25) is 9.59 Å². The molecule has 0 aromatic carbocycles. The molecule has 0 aliphatic carbocycles. The average molecular weight is 427 g/mol. The molecule has 0 aliphatic heterocycles. The molecule has 0 spiro atoms. The van der Waals surface area contributed by atoms with E-state index < -0.39 is 5.97 Å². The lowest BCUT2D eigenvalue weighted by Gasteiger charge is -2.13. The van der Waals surface area contributed by atoms with E-state index in [1.54, 1.807) is 6.07 Å². The molecule has 1 aromatic heterocycles. The Morgan fingerprint density at radius 3 is 2.60 bits per heavy atom. The van der Waals surface area contributed by atoms with Crippen LogP contribution in [0.25, 0.3) is 0 Å². The highest BCUT2D eigenvalue weighted by molar-refractivity contribution is 9.12. The fourth-order valence-electron chi connectivity index (χ4n) is 1.86. The summed E-state index contributed by atoms with van der Waals surface area (Å²) in [7, 11) is 0. The minimum atomic E-state index is -0.764. The molecule has 1 unspecified atom stereocenters. The van der Waals surface area contributed by atoms with Crippen molar-refractivity contribution < 1.29 is 14.7 Å². The van der Waals surface area contributed by atoms with Crippen LogP contribution in [0.2, 0.25) is 0 Å². The fourth-order valence-corrected chi connectivity index (χ4v) is 4.65. The van der Waals surface area contributed by atoms with Gasteiger partial charge in [0.2, 0.25) is 0 Å². The standard InChI is InChI=1S/C13H17Br2NO3S/c1-2-8(3-4-11(17)18)5-6-16-13(19)9-7-10(14)20-12(9)15/h7-8H,2-6H2,1H3,(H,16,19)(H,17,18). The van der Waals surface area contributed by atoms with Gasteiger partial charge in [-0.2, -0.15) is 0 Å². The quantitative estimate of drug-likeness (QED) is 0.651. The van der Waals surface area contributed by atoms with E-state index in [2.05, 4.69) is 37.2 Å². The number of thiophene rings is 1. The molecule has 0 saturated carbocycles. The van der Waals surface area contributed by atoms with Crippen LogP contribution in [-0.2, 0) is 4.79 Å². The van der Waals surface area contributed by atoms with Gasteiger partial charge in [0.15, 0.2) is 0 Å². The molecule has 1 rings (SSSR count). The number of hydrogen-bond donors (Lipinski definition) is 2. The number of carboxylic acids is 1. The van der Waals surface area contributed by atoms with Crippen LogP contribution in [0, 0.1) is 5.92 Å². The van der Waals surface area contributed by atoms with E-state index in [0.29, 0.717) is 24.4 Å². The Kier molecular flexibility index (Phi) is 7.76. The fraction of sp³-hybridized carbons (Fsp3) is 0.538. The molecular weight excluding hydrogens is 410 g/mol. The van der Waals surface area contributed by atoms with Crippen molar-refractivity contribution in [2.45, 2.75) is 32.6 Å². The number of rotatable bonds is 8. The van der Waals surface area contributed by atoms with E-state index in [-0.39, 0.29) is 12.3 Å². The Morgan fingerprint density at radius 2 is 2.10 bits per heavy atom. The number of carbonyl (C=O) groups is 2. The number of halogens is 2. The van der Waals surface area contributed by atoms with Gasteiger partial charge in [0.1, 0.15) is 0 Å². The summed E-state index contributed by atoms with van der Waals surface area (Å²) in [6.07, 6.45) is 2.58. The minimum absolute atomic E-state index is 0.105. The highest BCUT2D eigenvalue weighted by atomic mass is 79.9. The molecule has 112 valence electrons. The van der Waals surface area contributed by atoms with Crippen molar-refractivity contribution in [1.82, 2.24) is 5.32 Å². The summed E-state index contributed by atoms with van der Waals surface area (Å²) < 4.78 is 1.71. The molecule has 0 aliphatic rings. The molecule has 2 N–H and O–H groups in total. The van der Waals surface area contributed by atoms with Gasteiger partial charge in [-0.1, -0.05) is 13.3 Å². The topological polar surface area (TPSA) is 66.4 Å². The highest BCUT2D eigenvalue weighted by Crippen LogP contribution is 2.31. The Labute approximate surface area is 139 Å². The van der Waals surface area contributed by atoms with Crippen molar-refractivity contribution in [3.63, 3.8) is 0 Å². The third-order valence-electron chi connectivity index (χ3n) is 3.08. The Morgan fingerprint density at radius 1 is 1.40 bits per heavy atom. The van der Waals surface area contributed by atoms with E-state index in [1.807, 2.05) is 6.92 Å². The lowest BCUT2D eigenvalue weighted by atomic mass is 9.96. The minimum Gasteiger partial charge on any atom is -0.481 e. The zero-order chi connectivity index (χ0) is 15.1. The lowest BCUT2D eigenvalue weighted by Crippen LogP contribution is -2.26. The molecule has 0 bridgehead atoms. The molecule has 1 amide bonds. The normalized spacial score (nSPS) is 12.2. The molecule has 0 saturated heterocycles. The van der Waals surface area contributed by atoms with Gasteiger partial charge >= 0.3 is 5.97 Å². The van der Waals surface area contributed by atoms with Crippen LogP contribution in [0.3, 0.4) is 0 Å². The second-order valence-corrected chi connectivity index (χ2v) is 8.24. The Balaban J connectivity index is 2.37. The van der Waals surface area contributed by atoms with Gasteiger partial charge in [0.25, 0.3) is 5.91 Å². The zero-order valence-electron chi connectivity index (χ0n) is 11.1. The maximum absolute atomic E-state index is 12.0. The Bertz CT molecular complexity index is 476. The van der Waals surface area contributed by atoms with Gasteiger partial charge in [0.05, 0.1) is 13.1 Å². The summed E-state index contributed by atoms with van der Waals surface area (Å²) in [5.41, 5.74) is 0.625. The third kappa shape index (κ3) is 5.93. The SMILES string of the molecule is CCC(CCNC(=O)c1cc(Br)sc1Br)CCC(=O)O. The highest BCUT2D eigenvalue weighted by Gasteiger charge is 2.14. The maximum Gasteiger partial charge on any atom is 0.303 e. The van der Waals surface area contributed by atoms with E-state index in [9.17, 15) is 9.59 Å². The van der Waals surface area contributed by atoms with Crippen LogP contribution in [0.15, 0.2) is 13.6 Å². The number of carboxylic acid groups (broad SMARTS) is 1. The van der Waals surface area contributed by atoms with E-state index in [0.717, 1.165) is 20.4 Å². The van der Waals surface area contributed by atoms with Crippen LogP contribution < -0.4 is 5.32 Å². The predicted molar refractivity (Wildman–Crippen MR) is 87.3 cm³/mol. The molecular formula is C13H17Br2NO3S. The summed E-state index contributed by atoms with van der Waals surface area (Å²) in [6, 6.07) is 1.78. The molecule has 0 radical (unpaired) electrons. The average Bonchev–Trinajstić information content (AvgIpc) is 2.72. The molecule has 7 heteroatoms. The second-order valence-electron chi connectivity index (χ2n) is 4.49. The van der Waals surface area contributed by atoms with Gasteiger partial charge in [-0.15, -0.1) is 11.3 Å². The van der Waals surface area contributed by atoms with Crippen LogP contribution in [0.1, 0.15) is 43.0 Å². The first-order valence-electron chi connectivity index (χ1n) is 6.38. The van der Waals surface area contributed by atoms with E-state index >= 15 is 0 Å². The van der Waals surface area contributed by atoms with Crippen molar-refractivity contribution in [3.8, 4) is 0 Å². The van der Waals surface area contributed by atoms with Crippen molar-refractivity contribution in [1.29, 1.82) is 0 Å². The number of hydrogen-bond acceptors (Lipinski definition) is 3. The maximum atomic E-state index is 12.0. The monoisotopic (exact) mass is 425 g/mol. The summed E-state index contributed by atoms with van der Waals surface area (Å²) >= 11 is 8.16. The van der Waals surface area contributed by atoms with Crippen LogP contribution in [0.5, 0.6) is 0 Å². The van der Waals surface area contributed by atoms with Crippen molar-refractivity contribution in [3.05, 3.63) is 19.2 Å². The van der Waals surface area contributed by atoms with Gasteiger partial charge in [-0.25, -0.2) is 0 Å². The largest absolute Gasteiger partial charge is 0.481 e. The molecule has 1 heterocycles. The first-order valence-corrected chi connectivity index (χ1v) is 8.79. The van der Waals surface area contributed by atoms with Crippen molar-refractivity contribution in [2.24, 2.45) is 5.92 Å². The molecule has 20 heavy (non-hydrogen) atoms. The van der Waals surface area contributed by atoms with Crippen molar-refractivity contribution >= 4 is 55.1 Å². The summed E-state index contributed by atoms with van der Waals surface area (Å²) in [5.74, 6) is -0.532. The first kappa shape index (κ1) is 17.7. The molecule has 1 atom stereocenters. The third-order valence-corrected chi connectivity index (χ3v) is 5.42. The number of nitrogens with one attached hydrogen (secondary N) is 1. The van der Waals surface area contributed by atoms with Crippen LogP contribution in [-0.4, -0.2) is 23.5 Å². The summed E-state index contributed by atoms with van der Waals surface area (Å²) in [4.78, 5) is 22.5. The van der Waals surface area contributed by atoms with Crippen LogP contribution >= 0.6 is 43.2 Å². The van der Waals surface area contributed by atoms with Crippen LogP contribution in [0.4, 0.5) is 0 Å². The van der Waals surface area contributed by atoms with Crippen molar-refractivity contribution in [2.75, 3.05) is 6.54 Å². The number of amides is 1. The summed E-state index contributed by atoms with van der Waals surface area (Å²) in [5, 5.41) is 11.5. The smallest absolute Gasteiger partial charge is 0.303 e. The zero-order valence-corrected chi connectivity index (χ0v) is 15.1. The first-order chi connectivity index (χ1) is 9.43. The van der Waals surface area contributed by atoms with Gasteiger partial charge in [0, 0.05) is 13.0 Å². The molecule has 0 fully saturated rings. The number of carbonyl (C=O) groups excluding carboxylic acids is 1. The number of aliphatic carboxylic acids is 1. The second kappa shape index (κ2) is 8.79. The predicted octanol–water partition coefficient (Wildman–Crippen LogP) is 4.28. The molecule has 4 nitrogen and oxygen atoms in total. The Hall–Kier alpha value is -0.400. The molecule has 1 aromatic rings. The summed E-state index contributed by atoms with van der Waals surface area (Å²) in [6.45, 7) is 2.61. The lowest BCUT2D eigenvalue weighted by molar-refractivity contribution is -0.137. The van der Waals surface area contributed by atoms with Gasteiger partial charge < -0.3 is 10.4 Å². The van der Waals surface area contributed by atoms with E-state index in [1.165, 1.54) is 11.3 Å².